The number of pyridine rings is 1. The van der Waals surface area contributed by atoms with Gasteiger partial charge in [-0.15, -0.1) is 0 Å². The van der Waals surface area contributed by atoms with Crippen molar-refractivity contribution >= 4 is 11.6 Å². The fourth-order valence-corrected chi connectivity index (χ4v) is 3.39. The summed E-state index contributed by atoms with van der Waals surface area (Å²) >= 11 is 0. The quantitative estimate of drug-likeness (QED) is 0.521. The number of carbonyl (C=O) groups is 1. The molecule has 1 amide bonds. The van der Waals surface area contributed by atoms with E-state index in [1.54, 1.807) is 0 Å². The molecule has 2 aromatic rings. The maximum atomic E-state index is 13.4. The van der Waals surface area contributed by atoms with Crippen LogP contribution in [0.2, 0.25) is 0 Å². The van der Waals surface area contributed by atoms with Crippen LogP contribution in [0.1, 0.15) is 79.8 Å². The second kappa shape index (κ2) is 10.8. The lowest BCUT2D eigenvalue weighted by atomic mass is 10.0. The minimum Gasteiger partial charge on any atom is -0.493 e. The fraction of sp³-hybridized carbons (Fsp3) is 0.500. The van der Waals surface area contributed by atoms with Crippen LogP contribution in [0.3, 0.4) is 0 Å². The number of hydrogen-bond acceptors (Lipinski definition) is 3. The molecule has 4 heteroatoms. The van der Waals surface area contributed by atoms with Crippen LogP contribution in [-0.4, -0.2) is 17.5 Å². The molecule has 0 bridgehead atoms. The molecule has 0 saturated carbocycles. The summed E-state index contributed by atoms with van der Waals surface area (Å²) in [6.45, 7) is 11.0. The van der Waals surface area contributed by atoms with Gasteiger partial charge >= 0.3 is 0 Å². The summed E-state index contributed by atoms with van der Waals surface area (Å²) in [4.78, 5) is 18.0. The van der Waals surface area contributed by atoms with Gasteiger partial charge in [0.25, 0.3) is 5.91 Å². The Hall–Kier alpha value is -2.36. The van der Waals surface area contributed by atoms with E-state index in [0.29, 0.717) is 17.9 Å². The molecule has 28 heavy (non-hydrogen) atoms. The lowest BCUT2D eigenvalue weighted by Gasteiger charge is -2.18. The number of benzene rings is 1. The predicted molar refractivity (Wildman–Crippen MR) is 117 cm³/mol. The molecule has 4 nitrogen and oxygen atoms in total. The van der Waals surface area contributed by atoms with E-state index in [1.165, 1.54) is 0 Å². The van der Waals surface area contributed by atoms with Gasteiger partial charge in [0, 0.05) is 17.4 Å². The number of unbranched alkanes of at least 4 members (excludes halogenated alkanes) is 1. The first-order valence-electron chi connectivity index (χ1n) is 10.6. The molecule has 0 saturated heterocycles. The molecule has 0 atom stereocenters. The Morgan fingerprint density at radius 2 is 1.75 bits per heavy atom. The van der Waals surface area contributed by atoms with Crippen LogP contribution in [-0.2, 0) is 19.3 Å². The van der Waals surface area contributed by atoms with Gasteiger partial charge in [-0.05, 0) is 43.7 Å². The number of amides is 1. The number of aryl methyl sites for hydroxylation is 4. The van der Waals surface area contributed by atoms with E-state index in [0.717, 1.165) is 66.7 Å². The van der Waals surface area contributed by atoms with Crippen LogP contribution < -0.4 is 10.1 Å². The van der Waals surface area contributed by atoms with Crippen molar-refractivity contribution < 1.29 is 9.53 Å². The van der Waals surface area contributed by atoms with Gasteiger partial charge in [-0.1, -0.05) is 58.7 Å². The lowest BCUT2D eigenvalue weighted by Crippen LogP contribution is -2.19. The molecule has 1 N–H and O–H groups in total. The normalized spacial score (nSPS) is 10.8. The van der Waals surface area contributed by atoms with Crippen molar-refractivity contribution in [1.82, 2.24) is 4.98 Å². The van der Waals surface area contributed by atoms with E-state index in [1.807, 2.05) is 13.0 Å². The van der Waals surface area contributed by atoms with E-state index in [4.69, 9.17) is 4.74 Å². The third kappa shape index (κ3) is 5.34. The second-order valence-corrected chi connectivity index (χ2v) is 7.15. The lowest BCUT2D eigenvalue weighted by molar-refractivity contribution is 0.102. The third-order valence-corrected chi connectivity index (χ3v) is 4.89. The summed E-state index contributed by atoms with van der Waals surface area (Å²) in [5.41, 5.74) is 5.52. The molecule has 1 aromatic heterocycles. The molecular formula is C24H34N2O2. The summed E-state index contributed by atoms with van der Waals surface area (Å²) in [7, 11) is 0. The number of rotatable bonds is 10. The van der Waals surface area contributed by atoms with Gasteiger partial charge in [-0.3, -0.25) is 9.78 Å². The smallest absolute Gasteiger partial charge is 0.261 e. The van der Waals surface area contributed by atoms with E-state index in [-0.39, 0.29) is 5.91 Å². The monoisotopic (exact) mass is 382 g/mol. The topological polar surface area (TPSA) is 51.2 Å². The highest BCUT2D eigenvalue weighted by Crippen LogP contribution is 2.28. The highest BCUT2D eigenvalue weighted by atomic mass is 16.5. The minimum atomic E-state index is -0.127. The van der Waals surface area contributed by atoms with Crippen LogP contribution in [0, 0.1) is 6.92 Å². The SMILES string of the molecule is CCCCOc1cc(C)nc(CCC)c1C(=O)Nc1c(CC)cccc1CC. The molecule has 2 rings (SSSR count). The predicted octanol–water partition coefficient (Wildman–Crippen LogP) is 5.90. The molecule has 152 valence electrons. The van der Waals surface area contributed by atoms with Crippen LogP contribution in [0.5, 0.6) is 5.75 Å². The Balaban J connectivity index is 2.46. The van der Waals surface area contributed by atoms with Gasteiger partial charge < -0.3 is 10.1 Å². The Morgan fingerprint density at radius 1 is 1.07 bits per heavy atom. The van der Waals surface area contributed by atoms with Crippen molar-refractivity contribution in [1.29, 1.82) is 0 Å². The highest BCUT2D eigenvalue weighted by Gasteiger charge is 2.21. The average Bonchev–Trinajstić information content (AvgIpc) is 2.68. The molecule has 0 aliphatic rings. The van der Waals surface area contributed by atoms with Crippen LogP contribution in [0.4, 0.5) is 5.69 Å². The van der Waals surface area contributed by atoms with E-state index in [9.17, 15) is 4.79 Å². The number of nitrogens with zero attached hydrogens (tertiary/aromatic N) is 1. The molecule has 0 aliphatic carbocycles. The number of para-hydroxylation sites is 1. The zero-order chi connectivity index (χ0) is 20.5. The molecule has 1 heterocycles. The van der Waals surface area contributed by atoms with Gasteiger partial charge in [0.15, 0.2) is 0 Å². The number of hydrogen-bond donors (Lipinski definition) is 1. The van der Waals surface area contributed by atoms with Crippen molar-refractivity contribution in [3.05, 3.63) is 52.3 Å². The molecule has 0 aliphatic heterocycles. The maximum absolute atomic E-state index is 13.4. The zero-order valence-electron chi connectivity index (χ0n) is 18.0. The largest absolute Gasteiger partial charge is 0.493 e. The molecule has 0 spiro atoms. The van der Waals surface area contributed by atoms with Gasteiger partial charge in [-0.25, -0.2) is 0 Å². The first kappa shape index (κ1) is 21.9. The summed E-state index contributed by atoms with van der Waals surface area (Å²) < 4.78 is 6.02. The zero-order valence-corrected chi connectivity index (χ0v) is 18.0. The van der Waals surface area contributed by atoms with Gasteiger partial charge in [0.1, 0.15) is 11.3 Å². The fourth-order valence-electron chi connectivity index (χ4n) is 3.39. The number of anilines is 1. The van der Waals surface area contributed by atoms with Crippen LogP contribution in [0.15, 0.2) is 24.3 Å². The highest BCUT2D eigenvalue weighted by molar-refractivity contribution is 6.07. The molecule has 0 fully saturated rings. The van der Waals surface area contributed by atoms with Crippen molar-refractivity contribution in [3.8, 4) is 5.75 Å². The van der Waals surface area contributed by atoms with Crippen molar-refractivity contribution in [2.45, 2.75) is 73.1 Å². The Labute approximate surface area is 169 Å². The van der Waals surface area contributed by atoms with Gasteiger partial charge in [0.2, 0.25) is 0 Å². The van der Waals surface area contributed by atoms with E-state index < -0.39 is 0 Å². The summed E-state index contributed by atoms with van der Waals surface area (Å²) in [5, 5.41) is 3.19. The summed E-state index contributed by atoms with van der Waals surface area (Å²) in [6, 6.07) is 8.10. The summed E-state index contributed by atoms with van der Waals surface area (Å²) in [5.74, 6) is 0.520. The first-order valence-corrected chi connectivity index (χ1v) is 10.6. The van der Waals surface area contributed by atoms with Crippen molar-refractivity contribution in [2.75, 3.05) is 11.9 Å². The molecule has 1 aromatic carbocycles. The first-order chi connectivity index (χ1) is 13.5. The second-order valence-electron chi connectivity index (χ2n) is 7.15. The minimum absolute atomic E-state index is 0.127. The number of nitrogens with one attached hydrogen (secondary N) is 1. The third-order valence-electron chi connectivity index (χ3n) is 4.89. The Bertz CT molecular complexity index is 777. The standard InChI is InChI=1S/C24H34N2O2/c1-6-10-15-28-21-16-17(5)25-20(12-7-2)22(21)24(27)26-23-18(8-3)13-11-14-19(23)9-4/h11,13-14,16H,6-10,12,15H2,1-5H3,(H,26,27). The van der Waals surface area contributed by atoms with Crippen LogP contribution in [0.25, 0.3) is 0 Å². The number of ether oxygens (including phenoxy) is 1. The van der Waals surface area contributed by atoms with Gasteiger partial charge in [0.05, 0.1) is 12.3 Å². The maximum Gasteiger partial charge on any atom is 0.261 e. The van der Waals surface area contributed by atoms with Crippen molar-refractivity contribution in [2.24, 2.45) is 0 Å². The van der Waals surface area contributed by atoms with E-state index in [2.05, 4.69) is 56.2 Å². The van der Waals surface area contributed by atoms with E-state index >= 15 is 0 Å². The summed E-state index contributed by atoms with van der Waals surface area (Å²) in [6.07, 6.45) is 5.44. The number of aromatic nitrogens is 1. The molecular weight excluding hydrogens is 348 g/mol. The molecule has 0 unspecified atom stereocenters. The number of carbonyl (C=O) groups excluding carboxylic acids is 1. The van der Waals surface area contributed by atoms with Crippen molar-refractivity contribution in [3.63, 3.8) is 0 Å². The Kier molecular flexibility index (Phi) is 8.49. The van der Waals surface area contributed by atoms with Gasteiger partial charge in [-0.2, -0.15) is 0 Å². The average molecular weight is 383 g/mol. The molecule has 0 radical (unpaired) electrons. The Morgan fingerprint density at radius 3 is 2.32 bits per heavy atom. The van der Waals surface area contributed by atoms with Crippen LogP contribution >= 0.6 is 0 Å².